The number of hydrogen-bond donors (Lipinski definition) is 2. The molecule has 186 valence electrons. The molecule has 3 aromatic carbocycles. The fourth-order valence-corrected chi connectivity index (χ4v) is 5.12. The molecule has 0 aliphatic heterocycles. The summed E-state index contributed by atoms with van der Waals surface area (Å²) in [6.07, 6.45) is 3.84. The molecule has 0 spiro atoms. The summed E-state index contributed by atoms with van der Waals surface area (Å²) in [6.45, 7) is 4.13. The van der Waals surface area contributed by atoms with E-state index in [2.05, 4.69) is 15.0 Å². The zero-order valence-electron chi connectivity index (χ0n) is 20.1. The minimum absolute atomic E-state index is 0.0500. The first-order valence-electron chi connectivity index (χ1n) is 11.6. The van der Waals surface area contributed by atoms with Crippen molar-refractivity contribution in [3.8, 4) is 11.4 Å². The highest BCUT2D eigenvalue weighted by molar-refractivity contribution is 7.90. The molecule has 1 atom stereocenters. The van der Waals surface area contributed by atoms with Crippen molar-refractivity contribution in [1.29, 1.82) is 0 Å². The van der Waals surface area contributed by atoms with E-state index in [9.17, 15) is 13.2 Å². The van der Waals surface area contributed by atoms with Crippen molar-refractivity contribution in [2.45, 2.75) is 31.2 Å². The Morgan fingerprint density at radius 2 is 1.78 bits per heavy atom. The molecule has 2 N–H and O–H groups in total. The normalized spacial score (nSPS) is 12.1. The molecule has 0 saturated carbocycles. The minimum atomic E-state index is -4.06. The van der Waals surface area contributed by atoms with Crippen LogP contribution in [-0.4, -0.2) is 30.6 Å². The maximum atomic E-state index is 13.0. The number of hydrogen-bond acceptors (Lipinski definition) is 5. The van der Waals surface area contributed by atoms with Crippen LogP contribution in [0, 0.1) is 6.92 Å². The van der Waals surface area contributed by atoms with Gasteiger partial charge in [0.05, 0.1) is 23.2 Å². The van der Waals surface area contributed by atoms with Gasteiger partial charge < -0.3 is 14.6 Å². The number of imidazole rings is 1. The lowest BCUT2D eigenvalue weighted by atomic mass is 10.1. The number of rotatable bonds is 9. The number of urea groups is 1. The van der Waals surface area contributed by atoms with E-state index < -0.39 is 22.1 Å². The second kappa shape index (κ2) is 11.1. The van der Waals surface area contributed by atoms with Crippen molar-refractivity contribution < 1.29 is 17.9 Å². The fourth-order valence-electron chi connectivity index (χ4n) is 3.96. The van der Waals surface area contributed by atoms with Crippen LogP contribution in [0.25, 0.3) is 5.69 Å². The number of aryl methyl sites for hydroxylation is 1. The minimum Gasteiger partial charge on any atom is -0.494 e. The number of nitrogens with zero attached hydrogens (tertiary/aromatic N) is 2. The first kappa shape index (κ1) is 25.0. The molecule has 1 unspecified atom stereocenters. The molecule has 1 heterocycles. The molecule has 0 saturated heterocycles. The molecule has 0 bridgehead atoms. The molecule has 4 aromatic rings. The summed E-state index contributed by atoms with van der Waals surface area (Å²) < 4.78 is 35.4. The molecule has 2 amide bonds. The quantitative estimate of drug-likeness (QED) is 0.348. The van der Waals surface area contributed by atoms with Gasteiger partial charge in [-0.2, -0.15) is 0 Å². The third kappa shape index (κ3) is 5.92. The van der Waals surface area contributed by atoms with Gasteiger partial charge in [0.1, 0.15) is 11.6 Å². The summed E-state index contributed by atoms with van der Waals surface area (Å²) in [5.41, 5.74) is 2.31. The SMILES string of the molecule is CCOc1cccc(-n2ccnc2C(Cc2ccccc2)NC(=O)NS(=O)(=O)c2ccccc2C)c1. The fraction of sp³-hybridized carbons (Fsp3) is 0.185. The smallest absolute Gasteiger partial charge is 0.329 e. The Kier molecular flexibility index (Phi) is 7.70. The van der Waals surface area contributed by atoms with E-state index >= 15 is 0 Å². The van der Waals surface area contributed by atoms with Crippen LogP contribution < -0.4 is 14.8 Å². The Balaban J connectivity index is 1.64. The Labute approximate surface area is 211 Å². The lowest BCUT2D eigenvalue weighted by Crippen LogP contribution is -2.42. The summed E-state index contributed by atoms with van der Waals surface area (Å²) >= 11 is 0. The highest BCUT2D eigenvalue weighted by Gasteiger charge is 2.25. The molecular weight excluding hydrogens is 476 g/mol. The predicted octanol–water partition coefficient (Wildman–Crippen LogP) is 4.55. The third-order valence-electron chi connectivity index (χ3n) is 5.59. The van der Waals surface area contributed by atoms with Gasteiger partial charge in [-0.25, -0.2) is 22.9 Å². The molecule has 0 aliphatic carbocycles. The number of nitrogens with one attached hydrogen (secondary N) is 2. The van der Waals surface area contributed by atoms with Gasteiger partial charge in [0, 0.05) is 18.5 Å². The number of benzene rings is 3. The molecule has 0 fully saturated rings. The molecular formula is C27H28N4O4S. The van der Waals surface area contributed by atoms with Gasteiger partial charge in [0.25, 0.3) is 10.0 Å². The molecule has 36 heavy (non-hydrogen) atoms. The summed E-state index contributed by atoms with van der Waals surface area (Å²) in [5, 5.41) is 2.82. The largest absolute Gasteiger partial charge is 0.494 e. The number of aromatic nitrogens is 2. The van der Waals surface area contributed by atoms with Gasteiger partial charge in [0.2, 0.25) is 0 Å². The van der Waals surface area contributed by atoms with E-state index in [0.717, 1.165) is 11.3 Å². The van der Waals surface area contributed by atoms with Crippen LogP contribution in [0.4, 0.5) is 4.79 Å². The highest BCUT2D eigenvalue weighted by atomic mass is 32.2. The maximum absolute atomic E-state index is 13.0. The molecule has 1 aromatic heterocycles. The number of carbonyl (C=O) groups excluding carboxylic acids is 1. The first-order valence-corrected chi connectivity index (χ1v) is 13.0. The van der Waals surface area contributed by atoms with E-state index in [1.807, 2.05) is 66.1 Å². The first-order chi connectivity index (χ1) is 17.4. The van der Waals surface area contributed by atoms with Crippen molar-refractivity contribution in [1.82, 2.24) is 19.6 Å². The van der Waals surface area contributed by atoms with Crippen LogP contribution >= 0.6 is 0 Å². The van der Waals surface area contributed by atoms with E-state index in [1.54, 1.807) is 37.5 Å². The van der Waals surface area contributed by atoms with Crippen LogP contribution in [0.2, 0.25) is 0 Å². The number of sulfonamides is 1. The lowest BCUT2D eigenvalue weighted by Gasteiger charge is -2.21. The number of carbonyl (C=O) groups is 1. The Morgan fingerprint density at radius 1 is 1.03 bits per heavy atom. The van der Waals surface area contributed by atoms with Crippen LogP contribution in [-0.2, 0) is 16.4 Å². The molecule has 0 radical (unpaired) electrons. The Morgan fingerprint density at radius 3 is 2.53 bits per heavy atom. The zero-order chi connectivity index (χ0) is 25.5. The predicted molar refractivity (Wildman–Crippen MR) is 138 cm³/mol. The second-order valence-corrected chi connectivity index (χ2v) is 9.82. The van der Waals surface area contributed by atoms with Gasteiger partial charge in [-0.1, -0.05) is 54.6 Å². The number of amides is 2. The third-order valence-corrected chi connectivity index (χ3v) is 7.08. The monoisotopic (exact) mass is 504 g/mol. The van der Waals surface area contributed by atoms with Crippen molar-refractivity contribution in [3.05, 3.63) is 108 Å². The standard InChI is InChI=1S/C27H28N4O4S/c1-3-35-23-14-9-13-22(19-23)31-17-16-28-26(31)24(18-21-11-5-4-6-12-21)29-27(32)30-36(33,34)25-15-8-7-10-20(25)2/h4-17,19,24H,3,18H2,1-2H3,(H2,29,30,32). The zero-order valence-corrected chi connectivity index (χ0v) is 20.9. The number of ether oxygens (including phenoxy) is 1. The summed E-state index contributed by atoms with van der Waals surface area (Å²) in [6, 6.07) is 22.2. The summed E-state index contributed by atoms with van der Waals surface area (Å²) in [5.74, 6) is 1.26. The molecule has 0 aliphatic rings. The van der Waals surface area contributed by atoms with E-state index in [-0.39, 0.29) is 4.90 Å². The van der Waals surface area contributed by atoms with E-state index in [1.165, 1.54) is 6.07 Å². The van der Waals surface area contributed by atoms with Crippen LogP contribution in [0.3, 0.4) is 0 Å². The van der Waals surface area contributed by atoms with Gasteiger partial charge in [0.15, 0.2) is 0 Å². The van der Waals surface area contributed by atoms with Crippen LogP contribution in [0.15, 0.2) is 96.2 Å². The molecule has 8 nitrogen and oxygen atoms in total. The van der Waals surface area contributed by atoms with Crippen LogP contribution in [0.5, 0.6) is 5.75 Å². The second-order valence-electron chi connectivity index (χ2n) is 8.17. The Bertz CT molecular complexity index is 1430. The molecule has 9 heteroatoms. The van der Waals surface area contributed by atoms with Crippen molar-refractivity contribution >= 4 is 16.1 Å². The van der Waals surface area contributed by atoms with Crippen molar-refractivity contribution in [3.63, 3.8) is 0 Å². The van der Waals surface area contributed by atoms with Gasteiger partial charge in [-0.15, -0.1) is 0 Å². The van der Waals surface area contributed by atoms with Crippen LogP contribution in [0.1, 0.15) is 29.9 Å². The van der Waals surface area contributed by atoms with Gasteiger partial charge >= 0.3 is 6.03 Å². The van der Waals surface area contributed by atoms with Crippen molar-refractivity contribution in [2.24, 2.45) is 0 Å². The maximum Gasteiger partial charge on any atom is 0.329 e. The summed E-state index contributed by atoms with van der Waals surface area (Å²) in [4.78, 5) is 17.5. The average Bonchev–Trinajstić information content (AvgIpc) is 3.35. The van der Waals surface area contributed by atoms with Crippen molar-refractivity contribution in [2.75, 3.05) is 6.61 Å². The topological polar surface area (TPSA) is 102 Å². The summed E-state index contributed by atoms with van der Waals surface area (Å²) in [7, 11) is -4.06. The van der Waals surface area contributed by atoms with E-state index in [0.29, 0.717) is 30.2 Å². The van der Waals surface area contributed by atoms with Gasteiger partial charge in [-0.3, -0.25) is 0 Å². The van der Waals surface area contributed by atoms with Gasteiger partial charge in [-0.05, 0) is 49.6 Å². The average molecular weight is 505 g/mol. The van der Waals surface area contributed by atoms with E-state index in [4.69, 9.17) is 4.74 Å². The lowest BCUT2D eigenvalue weighted by molar-refractivity contribution is 0.241. The highest BCUT2D eigenvalue weighted by Crippen LogP contribution is 2.24. The molecule has 4 rings (SSSR count). The Hall–Kier alpha value is -4.11.